The number of piperazine rings is 2. The molecule has 19 heavy (non-hydrogen) atoms. The first-order chi connectivity index (χ1) is 9.08. The van der Waals surface area contributed by atoms with Crippen molar-refractivity contribution in [1.29, 1.82) is 0 Å². The lowest BCUT2D eigenvalue weighted by atomic mass is 10.0. The zero-order valence-electron chi connectivity index (χ0n) is 11.8. The van der Waals surface area contributed by atoms with Crippen LogP contribution in [-0.2, 0) is 9.59 Å². The van der Waals surface area contributed by atoms with Crippen LogP contribution in [0.25, 0.3) is 0 Å². The van der Waals surface area contributed by atoms with Crippen LogP contribution in [0.5, 0.6) is 0 Å². The zero-order chi connectivity index (χ0) is 13.6. The monoisotopic (exact) mass is 265 g/mol. The van der Waals surface area contributed by atoms with E-state index in [2.05, 4.69) is 18.7 Å². The minimum atomic E-state index is -0.227. The molecule has 3 aliphatic rings. The summed E-state index contributed by atoms with van der Waals surface area (Å²) in [5.41, 5.74) is 0. The van der Waals surface area contributed by atoms with E-state index in [1.165, 1.54) is 0 Å². The van der Waals surface area contributed by atoms with Gasteiger partial charge in [-0.1, -0.05) is 13.8 Å². The van der Waals surface area contributed by atoms with Gasteiger partial charge in [-0.15, -0.1) is 0 Å². The summed E-state index contributed by atoms with van der Waals surface area (Å²) in [6.07, 6.45) is 1.82. The number of carbonyl (C=O) groups excluding carboxylic acids is 2. The summed E-state index contributed by atoms with van der Waals surface area (Å²) < 4.78 is 0. The summed E-state index contributed by atoms with van der Waals surface area (Å²) in [4.78, 5) is 30.9. The van der Waals surface area contributed by atoms with Crippen molar-refractivity contribution in [2.24, 2.45) is 5.92 Å². The highest BCUT2D eigenvalue weighted by Gasteiger charge is 2.49. The van der Waals surface area contributed by atoms with Crippen molar-refractivity contribution >= 4 is 11.8 Å². The summed E-state index contributed by atoms with van der Waals surface area (Å²) in [6.45, 7) is 8.49. The van der Waals surface area contributed by atoms with Gasteiger partial charge in [0.1, 0.15) is 12.1 Å². The Bertz CT molecular complexity index is 396. The summed E-state index contributed by atoms with van der Waals surface area (Å²) in [5, 5.41) is 0. The summed E-state index contributed by atoms with van der Waals surface area (Å²) >= 11 is 0. The molecule has 3 heterocycles. The highest BCUT2D eigenvalue weighted by Crippen LogP contribution is 2.28. The standard InChI is InChI=1S/C14H23N3O2/c1-10(2)8-15-6-7-17-12(9-15)14(19)16-5-3-4-11(16)13(17)18/h10-12H,3-9H2,1-2H3/t11-,12-/m1/s1. The lowest BCUT2D eigenvalue weighted by Crippen LogP contribution is -2.68. The van der Waals surface area contributed by atoms with E-state index in [-0.39, 0.29) is 23.9 Å². The van der Waals surface area contributed by atoms with Crippen LogP contribution in [0.2, 0.25) is 0 Å². The van der Waals surface area contributed by atoms with Crippen molar-refractivity contribution in [3.05, 3.63) is 0 Å². The van der Waals surface area contributed by atoms with Crippen LogP contribution in [-0.4, -0.2) is 71.3 Å². The van der Waals surface area contributed by atoms with Gasteiger partial charge in [-0.3, -0.25) is 14.5 Å². The molecule has 0 aromatic rings. The van der Waals surface area contributed by atoms with E-state index in [1.54, 1.807) is 0 Å². The Labute approximate surface area is 114 Å². The fraction of sp³-hybridized carbons (Fsp3) is 0.857. The molecule has 2 amide bonds. The molecule has 3 aliphatic heterocycles. The van der Waals surface area contributed by atoms with Gasteiger partial charge in [0.25, 0.3) is 0 Å². The van der Waals surface area contributed by atoms with Crippen LogP contribution in [0, 0.1) is 5.92 Å². The summed E-state index contributed by atoms with van der Waals surface area (Å²) in [5.74, 6) is 0.960. The molecule has 0 bridgehead atoms. The van der Waals surface area contributed by atoms with E-state index in [1.807, 2.05) is 9.80 Å². The molecule has 3 saturated heterocycles. The molecular weight excluding hydrogens is 242 g/mol. The van der Waals surface area contributed by atoms with Gasteiger partial charge in [-0.2, -0.15) is 0 Å². The first kappa shape index (κ1) is 12.9. The smallest absolute Gasteiger partial charge is 0.247 e. The van der Waals surface area contributed by atoms with E-state index in [4.69, 9.17) is 0 Å². The van der Waals surface area contributed by atoms with E-state index in [0.29, 0.717) is 19.0 Å². The van der Waals surface area contributed by atoms with Crippen LogP contribution >= 0.6 is 0 Å². The van der Waals surface area contributed by atoms with Crippen molar-refractivity contribution in [1.82, 2.24) is 14.7 Å². The van der Waals surface area contributed by atoms with Crippen molar-refractivity contribution in [3.63, 3.8) is 0 Å². The van der Waals surface area contributed by atoms with Gasteiger partial charge in [-0.25, -0.2) is 0 Å². The number of carbonyl (C=O) groups is 2. The molecule has 106 valence electrons. The molecular formula is C14H23N3O2. The lowest BCUT2D eigenvalue weighted by Gasteiger charge is -2.47. The molecule has 0 aromatic heterocycles. The maximum atomic E-state index is 12.5. The second kappa shape index (κ2) is 4.78. The minimum Gasteiger partial charge on any atom is -0.329 e. The largest absolute Gasteiger partial charge is 0.329 e. The molecule has 3 rings (SSSR count). The van der Waals surface area contributed by atoms with Gasteiger partial charge < -0.3 is 9.80 Å². The summed E-state index contributed by atoms with van der Waals surface area (Å²) in [7, 11) is 0. The van der Waals surface area contributed by atoms with Gasteiger partial charge in [-0.05, 0) is 18.8 Å². The molecule has 0 unspecified atom stereocenters. The fourth-order valence-corrected chi connectivity index (χ4v) is 3.67. The van der Waals surface area contributed by atoms with Gasteiger partial charge in [0.2, 0.25) is 11.8 Å². The average molecular weight is 265 g/mol. The normalized spacial score (nSPS) is 31.9. The first-order valence-corrected chi connectivity index (χ1v) is 7.41. The quantitative estimate of drug-likeness (QED) is 0.714. The third-order valence-electron chi connectivity index (χ3n) is 4.48. The second-order valence-corrected chi connectivity index (χ2v) is 6.39. The summed E-state index contributed by atoms with van der Waals surface area (Å²) in [6, 6.07) is -0.380. The number of rotatable bonds is 2. The topological polar surface area (TPSA) is 43.9 Å². The second-order valence-electron chi connectivity index (χ2n) is 6.39. The Morgan fingerprint density at radius 1 is 1.05 bits per heavy atom. The molecule has 0 saturated carbocycles. The van der Waals surface area contributed by atoms with E-state index < -0.39 is 0 Å². The van der Waals surface area contributed by atoms with Crippen LogP contribution < -0.4 is 0 Å². The Morgan fingerprint density at radius 2 is 1.74 bits per heavy atom. The predicted octanol–water partition coefficient (Wildman–Crippen LogP) is 0.160. The van der Waals surface area contributed by atoms with Crippen LogP contribution in [0.1, 0.15) is 26.7 Å². The van der Waals surface area contributed by atoms with Crippen molar-refractivity contribution in [3.8, 4) is 0 Å². The SMILES string of the molecule is CC(C)CN1CCN2C(=O)[C@H]3CCCN3C(=O)[C@H]2C1. The van der Waals surface area contributed by atoms with Crippen molar-refractivity contribution in [2.45, 2.75) is 38.8 Å². The van der Waals surface area contributed by atoms with Crippen molar-refractivity contribution < 1.29 is 9.59 Å². The Kier molecular flexibility index (Phi) is 3.25. The fourth-order valence-electron chi connectivity index (χ4n) is 3.67. The van der Waals surface area contributed by atoms with E-state index in [9.17, 15) is 9.59 Å². The number of nitrogens with zero attached hydrogens (tertiary/aromatic N) is 3. The molecule has 2 atom stereocenters. The number of amides is 2. The highest BCUT2D eigenvalue weighted by molar-refractivity contribution is 5.97. The maximum absolute atomic E-state index is 12.5. The molecule has 0 spiro atoms. The van der Waals surface area contributed by atoms with E-state index in [0.717, 1.165) is 32.5 Å². The highest BCUT2D eigenvalue weighted by atomic mass is 16.2. The third kappa shape index (κ3) is 2.14. The van der Waals surface area contributed by atoms with Crippen molar-refractivity contribution in [2.75, 3.05) is 32.7 Å². The Morgan fingerprint density at radius 3 is 2.47 bits per heavy atom. The van der Waals surface area contributed by atoms with Gasteiger partial charge >= 0.3 is 0 Å². The Hall–Kier alpha value is -1.10. The molecule has 3 fully saturated rings. The molecule has 5 heteroatoms. The number of fused-ring (bicyclic) bond motifs is 2. The average Bonchev–Trinajstić information content (AvgIpc) is 2.84. The lowest BCUT2D eigenvalue weighted by molar-refractivity contribution is -0.163. The molecule has 0 aromatic carbocycles. The molecule has 5 nitrogen and oxygen atoms in total. The number of hydrogen-bond donors (Lipinski definition) is 0. The number of hydrogen-bond acceptors (Lipinski definition) is 3. The van der Waals surface area contributed by atoms with Crippen LogP contribution in [0.3, 0.4) is 0 Å². The van der Waals surface area contributed by atoms with Crippen LogP contribution in [0.4, 0.5) is 0 Å². The zero-order valence-corrected chi connectivity index (χ0v) is 11.8. The molecule has 0 N–H and O–H groups in total. The molecule has 0 radical (unpaired) electrons. The van der Waals surface area contributed by atoms with E-state index >= 15 is 0 Å². The molecule has 0 aliphatic carbocycles. The van der Waals surface area contributed by atoms with Gasteiger partial charge in [0.05, 0.1) is 0 Å². The first-order valence-electron chi connectivity index (χ1n) is 7.41. The third-order valence-corrected chi connectivity index (χ3v) is 4.48. The Balaban J connectivity index is 1.76. The van der Waals surface area contributed by atoms with Gasteiger partial charge in [0, 0.05) is 32.7 Å². The van der Waals surface area contributed by atoms with Crippen LogP contribution in [0.15, 0.2) is 0 Å². The maximum Gasteiger partial charge on any atom is 0.247 e. The predicted molar refractivity (Wildman–Crippen MR) is 71.5 cm³/mol. The minimum absolute atomic E-state index is 0.152. The van der Waals surface area contributed by atoms with Gasteiger partial charge in [0.15, 0.2) is 0 Å².